The summed E-state index contributed by atoms with van der Waals surface area (Å²) in [5.74, 6) is 1.14. The summed E-state index contributed by atoms with van der Waals surface area (Å²) in [5.41, 5.74) is 1.01. The number of furan rings is 1. The van der Waals surface area contributed by atoms with Crippen LogP contribution in [0.25, 0.3) is 21.5 Å². The number of nitrogens with one attached hydrogen (secondary N) is 2. The van der Waals surface area contributed by atoms with Crippen LogP contribution >= 0.6 is 11.3 Å². The lowest BCUT2D eigenvalue weighted by Gasteiger charge is -2.30. The summed E-state index contributed by atoms with van der Waals surface area (Å²) < 4.78 is 5.44. The third kappa shape index (κ3) is 4.04. The largest absolute Gasteiger partial charge is 0.506 e. The maximum atomic E-state index is 12.7. The molecule has 0 bridgehead atoms. The molecule has 1 fully saturated rings. The summed E-state index contributed by atoms with van der Waals surface area (Å²) in [6, 6.07) is 10.3. The summed E-state index contributed by atoms with van der Waals surface area (Å²) in [6.45, 7) is 1.97. The van der Waals surface area contributed by atoms with Crippen LogP contribution in [0.15, 0.2) is 57.3 Å². The van der Waals surface area contributed by atoms with Crippen molar-refractivity contribution in [1.29, 1.82) is 0 Å². The Hall–Kier alpha value is -3.43. The molecule has 1 aliphatic rings. The lowest BCUT2D eigenvalue weighted by molar-refractivity contribution is -0.121. The van der Waals surface area contributed by atoms with Crippen molar-refractivity contribution < 1.29 is 14.3 Å². The van der Waals surface area contributed by atoms with Gasteiger partial charge in [0.1, 0.15) is 22.2 Å². The summed E-state index contributed by atoms with van der Waals surface area (Å²) in [7, 11) is 0. The van der Waals surface area contributed by atoms with Crippen molar-refractivity contribution in [3.8, 4) is 17.1 Å². The maximum absolute atomic E-state index is 12.7. The van der Waals surface area contributed by atoms with Gasteiger partial charge in [-0.15, -0.1) is 11.3 Å². The number of phenolic OH excluding ortho intramolecular Hbond substituents is 1. The zero-order valence-electron chi connectivity index (χ0n) is 17.2. The number of nitrogens with zero attached hydrogens (tertiary/aromatic N) is 2. The molecule has 4 heterocycles. The fourth-order valence-electron chi connectivity index (χ4n) is 4.06. The predicted octanol–water partition coefficient (Wildman–Crippen LogP) is 3.80. The molecule has 8 nitrogen and oxygen atoms in total. The summed E-state index contributed by atoms with van der Waals surface area (Å²) in [5, 5.41) is 15.1. The Kier molecular flexibility index (Phi) is 5.50. The van der Waals surface area contributed by atoms with E-state index in [1.807, 2.05) is 11.4 Å². The number of H-pyrrole nitrogens is 1. The van der Waals surface area contributed by atoms with Gasteiger partial charge in [0.15, 0.2) is 0 Å². The van der Waals surface area contributed by atoms with E-state index in [2.05, 4.69) is 20.2 Å². The van der Waals surface area contributed by atoms with Crippen molar-refractivity contribution >= 4 is 33.1 Å². The molecule has 0 aliphatic carbocycles. The smallest absolute Gasteiger partial charge is 0.260 e. The van der Waals surface area contributed by atoms with Gasteiger partial charge in [0.05, 0.1) is 23.9 Å². The first kappa shape index (κ1) is 20.5. The van der Waals surface area contributed by atoms with Crippen molar-refractivity contribution in [3.63, 3.8) is 0 Å². The number of phenols is 1. The number of likely N-dealkylation sites (tertiary alicyclic amines) is 1. The molecule has 32 heavy (non-hydrogen) atoms. The van der Waals surface area contributed by atoms with E-state index in [1.165, 1.54) is 11.3 Å². The van der Waals surface area contributed by atoms with E-state index in [0.717, 1.165) is 18.7 Å². The van der Waals surface area contributed by atoms with Gasteiger partial charge in [0.25, 0.3) is 5.56 Å². The molecule has 5 rings (SSSR count). The number of thiophene rings is 1. The number of aromatic nitrogens is 2. The number of aromatic hydroxyl groups is 1. The average molecular weight is 451 g/mol. The second kappa shape index (κ2) is 8.60. The number of fused-ring (bicyclic) bond motifs is 1. The Balaban J connectivity index is 1.23. The van der Waals surface area contributed by atoms with Gasteiger partial charge in [-0.1, -0.05) is 12.1 Å². The molecule has 164 valence electrons. The third-order valence-corrected chi connectivity index (χ3v) is 6.65. The van der Waals surface area contributed by atoms with Crippen LogP contribution in [-0.4, -0.2) is 39.0 Å². The van der Waals surface area contributed by atoms with E-state index in [-0.39, 0.29) is 23.1 Å². The Labute approximate surface area is 187 Å². The fourth-order valence-corrected chi connectivity index (χ4v) is 5.01. The molecule has 0 radical (unpaired) electrons. The first-order chi connectivity index (χ1) is 15.6. The zero-order chi connectivity index (χ0) is 22.1. The normalized spacial score (nSPS) is 15.2. The number of amides is 1. The molecule has 3 aromatic heterocycles. The van der Waals surface area contributed by atoms with Crippen molar-refractivity contribution in [3.05, 3.63) is 64.2 Å². The number of carbonyl (C=O) groups excluding carboxylic acids is 1. The number of hydrogen-bond donors (Lipinski definition) is 3. The van der Waals surface area contributed by atoms with Crippen LogP contribution in [0.1, 0.15) is 18.7 Å². The van der Waals surface area contributed by atoms with E-state index in [1.54, 1.807) is 36.6 Å². The quantitative estimate of drug-likeness (QED) is 0.399. The first-order valence-electron chi connectivity index (χ1n) is 10.4. The van der Waals surface area contributed by atoms with Crippen molar-refractivity contribution in [2.24, 2.45) is 5.92 Å². The Morgan fingerprint density at radius 2 is 2.06 bits per heavy atom. The van der Waals surface area contributed by atoms with E-state index in [4.69, 9.17) is 4.42 Å². The van der Waals surface area contributed by atoms with Crippen molar-refractivity contribution in [1.82, 2.24) is 14.9 Å². The number of anilines is 1. The standard InChI is InChI=1S/C23H22N4O4S/c28-17-5-2-1-4-16(17)24-21(29)14-7-9-27(10-8-14)12-19-25-22(30)20-15(13-32-23(20)26-19)18-6-3-11-31-18/h1-6,11,13-14,28H,7-10,12H2,(H,24,29)(H,25,26,30). The monoisotopic (exact) mass is 450 g/mol. The molecule has 1 aromatic carbocycles. The predicted molar refractivity (Wildman–Crippen MR) is 123 cm³/mol. The molecular weight excluding hydrogens is 428 g/mol. The third-order valence-electron chi connectivity index (χ3n) is 5.77. The number of hydrogen-bond acceptors (Lipinski definition) is 7. The van der Waals surface area contributed by atoms with Crippen LogP contribution in [0, 0.1) is 5.92 Å². The molecule has 0 saturated carbocycles. The second-order valence-corrected chi connectivity index (χ2v) is 8.73. The van der Waals surface area contributed by atoms with Gasteiger partial charge in [-0.3, -0.25) is 14.5 Å². The Morgan fingerprint density at radius 3 is 2.81 bits per heavy atom. The molecule has 0 unspecified atom stereocenters. The van der Waals surface area contributed by atoms with E-state index in [9.17, 15) is 14.7 Å². The van der Waals surface area contributed by atoms with Crippen molar-refractivity contribution in [2.75, 3.05) is 18.4 Å². The number of piperidine rings is 1. The van der Waals surface area contributed by atoms with Gasteiger partial charge in [0, 0.05) is 16.9 Å². The van der Waals surface area contributed by atoms with Crippen LogP contribution in [0.3, 0.4) is 0 Å². The van der Waals surface area contributed by atoms with Crippen LogP contribution in [-0.2, 0) is 11.3 Å². The Bertz CT molecular complexity index is 1300. The molecule has 1 amide bonds. The highest BCUT2D eigenvalue weighted by Crippen LogP contribution is 2.31. The van der Waals surface area contributed by atoms with Crippen LogP contribution < -0.4 is 10.9 Å². The molecule has 9 heteroatoms. The molecule has 1 aliphatic heterocycles. The minimum Gasteiger partial charge on any atom is -0.506 e. The zero-order valence-corrected chi connectivity index (χ0v) is 18.0. The lowest BCUT2D eigenvalue weighted by atomic mass is 9.95. The molecule has 4 aromatic rings. The van der Waals surface area contributed by atoms with Gasteiger partial charge in [0.2, 0.25) is 5.91 Å². The number of benzene rings is 1. The topological polar surface area (TPSA) is 111 Å². The van der Waals surface area contributed by atoms with Gasteiger partial charge >= 0.3 is 0 Å². The summed E-state index contributed by atoms with van der Waals surface area (Å²) in [6.07, 6.45) is 2.99. The minimum absolute atomic E-state index is 0.0625. The molecule has 0 atom stereocenters. The van der Waals surface area contributed by atoms with Crippen LogP contribution in [0.5, 0.6) is 5.75 Å². The molecule has 0 spiro atoms. The molecule has 3 N–H and O–H groups in total. The maximum Gasteiger partial charge on any atom is 0.260 e. The number of rotatable bonds is 5. The highest BCUT2D eigenvalue weighted by atomic mass is 32.1. The van der Waals surface area contributed by atoms with E-state index >= 15 is 0 Å². The van der Waals surface area contributed by atoms with Crippen LogP contribution in [0.2, 0.25) is 0 Å². The second-order valence-electron chi connectivity index (χ2n) is 7.88. The Morgan fingerprint density at radius 1 is 1.25 bits per heavy atom. The van der Waals surface area contributed by atoms with Crippen LogP contribution in [0.4, 0.5) is 5.69 Å². The van der Waals surface area contributed by atoms with E-state index in [0.29, 0.717) is 46.9 Å². The molecular formula is C23H22N4O4S. The first-order valence-corrected chi connectivity index (χ1v) is 11.3. The van der Waals surface area contributed by atoms with E-state index < -0.39 is 0 Å². The number of aromatic amines is 1. The van der Waals surface area contributed by atoms with Gasteiger partial charge in [-0.05, 0) is 50.2 Å². The highest BCUT2D eigenvalue weighted by molar-refractivity contribution is 7.17. The van der Waals surface area contributed by atoms with Gasteiger partial charge in [-0.2, -0.15) is 0 Å². The number of para-hydroxylation sites is 2. The molecule has 1 saturated heterocycles. The van der Waals surface area contributed by atoms with Gasteiger partial charge in [-0.25, -0.2) is 4.98 Å². The summed E-state index contributed by atoms with van der Waals surface area (Å²) >= 11 is 1.43. The lowest BCUT2D eigenvalue weighted by Crippen LogP contribution is -2.38. The minimum atomic E-state index is -0.172. The number of carbonyl (C=O) groups is 1. The van der Waals surface area contributed by atoms with Gasteiger partial charge < -0.3 is 19.8 Å². The average Bonchev–Trinajstić information content (AvgIpc) is 3.46. The summed E-state index contributed by atoms with van der Waals surface area (Å²) in [4.78, 5) is 35.7. The highest BCUT2D eigenvalue weighted by Gasteiger charge is 2.26. The van der Waals surface area contributed by atoms with Crippen molar-refractivity contribution in [2.45, 2.75) is 19.4 Å². The fraction of sp³-hybridized carbons (Fsp3) is 0.261. The SMILES string of the molecule is O=C(Nc1ccccc1O)C1CCN(Cc2nc3scc(-c4ccco4)c3c(=O)[nH]2)CC1.